The molecule has 2 unspecified atom stereocenters. The number of aromatic nitrogens is 4. The quantitative estimate of drug-likeness (QED) is 0.339. The highest BCUT2D eigenvalue weighted by molar-refractivity contribution is 5.65. The van der Waals surface area contributed by atoms with E-state index in [4.69, 9.17) is 4.74 Å². The first-order valence-corrected chi connectivity index (χ1v) is 12.8. The number of halogens is 3. The normalized spacial score (nSPS) is 26.8. The molecule has 0 spiro atoms. The lowest BCUT2D eigenvalue weighted by atomic mass is 9.76. The molecule has 1 saturated carbocycles. The summed E-state index contributed by atoms with van der Waals surface area (Å²) in [6.07, 6.45) is 5.08. The third kappa shape index (κ3) is 4.54. The number of hydrogen-bond acceptors (Lipinski definition) is 7. The summed E-state index contributed by atoms with van der Waals surface area (Å²) in [5, 5.41) is 32.0. The molecule has 0 saturated heterocycles. The topological polar surface area (TPSA) is 113 Å². The molecule has 39 heavy (non-hydrogen) atoms. The van der Waals surface area contributed by atoms with Crippen molar-refractivity contribution in [1.82, 2.24) is 19.4 Å². The third-order valence-electron chi connectivity index (χ3n) is 7.92. The van der Waals surface area contributed by atoms with Crippen molar-refractivity contribution in [3.8, 4) is 16.9 Å². The Morgan fingerprint density at radius 2 is 1.77 bits per heavy atom. The highest BCUT2D eigenvalue weighted by Crippen LogP contribution is 2.47. The molecule has 3 heterocycles. The van der Waals surface area contributed by atoms with E-state index < -0.39 is 35.7 Å². The zero-order chi connectivity index (χ0) is 27.5. The van der Waals surface area contributed by atoms with Gasteiger partial charge in [0.15, 0.2) is 5.82 Å². The molecule has 0 amide bonds. The van der Waals surface area contributed by atoms with Gasteiger partial charge in [-0.05, 0) is 45.1 Å². The zero-order valence-electron chi connectivity index (χ0n) is 21.1. The number of aliphatic hydroxyl groups excluding tert-OH is 1. The van der Waals surface area contributed by atoms with Crippen LogP contribution in [0.15, 0.2) is 48.9 Å². The number of benzene rings is 1. The van der Waals surface area contributed by atoms with E-state index >= 15 is 4.39 Å². The average Bonchev–Trinajstić information content (AvgIpc) is 3.42. The van der Waals surface area contributed by atoms with Crippen molar-refractivity contribution < 1.29 is 33.2 Å². The van der Waals surface area contributed by atoms with E-state index in [1.165, 1.54) is 30.7 Å². The van der Waals surface area contributed by atoms with Crippen LogP contribution in [0.4, 0.5) is 13.2 Å². The molecule has 0 aliphatic heterocycles. The van der Waals surface area contributed by atoms with Crippen molar-refractivity contribution in [3.63, 3.8) is 0 Å². The highest BCUT2D eigenvalue weighted by atomic mass is 19.3. The van der Waals surface area contributed by atoms with Crippen LogP contribution in [0.2, 0.25) is 0 Å². The van der Waals surface area contributed by atoms with E-state index in [0.717, 1.165) is 0 Å². The summed E-state index contributed by atoms with van der Waals surface area (Å²) in [6, 6.07) is 7.64. The van der Waals surface area contributed by atoms with Crippen molar-refractivity contribution >= 4 is 5.65 Å². The second-order valence-electron chi connectivity index (χ2n) is 10.7. The highest BCUT2D eigenvalue weighted by Gasteiger charge is 2.41. The maximum atomic E-state index is 15.3. The number of nitrogens with zero attached hydrogens (tertiary/aromatic N) is 4. The molecule has 2 aliphatic carbocycles. The molecule has 1 fully saturated rings. The second kappa shape index (κ2) is 9.29. The Bertz CT molecular complexity index is 1530. The Balaban J connectivity index is 1.39. The Morgan fingerprint density at radius 3 is 2.46 bits per heavy atom. The average molecular weight is 541 g/mol. The molecule has 8 nitrogen and oxygen atoms in total. The van der Waals surface area contributed by atoms with Gasteiger partial charge in [-0.2, -0.15) is 8.78 Å². The molecule has 6 rings (SSSR count). The van der Waals surface area contributed by atoms with Crippen LogP contribution in [0.5, 0.6) is 5.75 Å². The standard InChI is InChI=1S/C28H27F3N4O4/c1-27(37)6-8-28(38,9-7-27)25-32-12-15(13-33-25)18-14-35-22(11-19(18)29)34-23-20(36)10-17(24(23)35)16-4-2-3-5-21(16)39-26(30)31/h2-5,11-14,17,20,26,36-38H,6-10H2,1H3. The molecule has 1 aromatic carbocycles. The lowest BCUT2D eigenvalue weighted by molar-refractivity contribution is -0.0802. The summed E-state index contributed by atoms with van der Waals surface area (Å²) in [5.74, 6) is -0.886. The lowest BCUT2D eigenvalue weighted by Crippen LogP contribution is -2.40. The summed E-state index contributed by atoms with van der Waals surface area (Å²) < 4.78 is 47.8. The number of imidazole rings is 1. The number of pyridine rings is 1. The molecule has 2 atom stereocenters. The molecule has 0 bridgehead atoms. The monoisotopic (exact) mass is 540 g/mol. The van der Waals surface area contributed by atoms with Gasteiger partial charge in [0.05, 0.1) is 23.1 Å². The fraction of sp³-hybridized carbons (Fsp3) is 0.393. The van der Waals surface area contributed by atoms with Crippen LogP contribution in [0.3, 0.4) is 0 Å². The summed E-state index contributed by atoms with van der Waals surface area (Å²) in [4.78, 5) is 13.1. The number of hydrogen-bond donors (Lipinski definition) is 3. The van der Waals surface area contributed by atoms with E-state index in [1.807, 2.05) is 0 Å². The predicted molar refractivity (Wildman–Crippen MR) is 134 cm³/mol. The second-order valence-corrected chi connectivity index (χ2v) is 10.7. The van der Waals surface area contributed by atoms with Crippen molar-refractivity contribution in [2.75, 3.05) is 0 Å². The first kappa shape index (κ1) is 25.7. The molecule has 204 valence electrons. The van der Waals surface area contributed by atoms with Crippen LogP contribution in [-0.4, -0.2) is 46.9 Å². The summed E-state index contributed by atoms with van der Waals surface area (Å²) in [5.41, 5.74) is 0.0666. The van der Waals surface area contributed by atoms with Gasteiger partial charge < -0.3 is 24.5 Å². The van der Waals surface area contributed by atoms with E-state index in [9.17, 15) is 24.1 Å². The first-order chi connectivity index (χ1) is 18.5. The van der Waals surface area contributed by atoms with Crippen molar-refractivity contribution in [1.29, 1.82) is 0 Å². The smallest absolute Gasteiger partial charge is 0.387 e. The molecule has 2 aliphatic rings. The zero-order valence-corrected chi connectivity index (χ0v) is 21.1. The van der Waals surface area contributed by atoms with Crippen LogP contribution in [0.25, 0.3) is 16.8 Å². The fourth-order valence-electron chi connectivity index (χ4n) is 5.73. The van der Waals surface area contributed by atoms with Gasteiger partial charge >= 0.3 is 6.61 Å². The number of para-hydroxylation sites is 1. The van der Waals surface area contributed by atoms with Crippen LogP contribution in [-0.2, 0) is 5.60 Å². The van der Waals surface area contributed by atoms with E-state index in [2.05, 4.69) is 15.0 Å². The van der Waals surface area contributed by atoms with Gasteiger partial charge in [-0.25, -0.2) is 19.3 Å². The summed E-state index contributed by atoms with van der Waals surface area (Å²) in [6.45, 7) is -1.28. The Hall–Kier alpha value is -3.54. The first-order valence-electron chi connectivity index (χ1n) is 12.8. The van der Waals surface area contributed by atoms with Gasteiger partial charge in [-0.15, -0.1) is 0 Å². The van der Waals surface area contributed by atoms with Crippen LogP contribution in [0.1, 0.15) is 73.8 Å². The Kier molecular flexibility index (Phi) is 6.12. The van der Waals surface area contributed by atoms with Gasteiger partial charge in [0, 0.05) is 47.3 Å². The molecule has 3 N–H and O–H groups in total. The maximum absolute atomic E-state index is 15.3. The molecular formula is C28H27F3N4O4. The van der Waals surface area contributed by atoms with Gasteiger partial charge in [-0.3, -0.25) is 0 Å². The van der Waals surface area contributed by atoms with E-state index in [-0.39, 0.29) is 29.2 Å². The van der Waals surface area contributed by atoms with Crippen LogP contribution < -0.4 is 4.74 Å². The predicted octanol–water partition coefficient (Wildman–Crippen LogP) is 4.61. The minimum atomic E-state index is -3.01. The molecule has 0 radical (unpaired) electrons. The minimum absolute atomic E-state index is 0.000909. The van der Waals surface area contributed by atoms with Crippen molar-refractivity contribution in [2.24, 2.45) is 0 Å². The van der Waals surface area contributed by atoms with Gasteiger partial charge in [0.2, 0.25) is 0 Å². The number of rotatable bonds is 5. The maximum Gasteiger partial charge on any atom is 0.387 e. The molecule has 11 heteroatoms. The van der Waals surface area contributed by atoms with E-state index in [1.54, 1.807) is 29.5 Å². The summed E-state index contributed by atoms with van der Waals surface area (Å²) in [7, 11) is 0. The molecule has 4 aromatic rings. The molecule has 3 aromatic heterocycles. The van der Waals surface area contributed by atoms with Crippen molar-refractivity contribution in [3.05, 3.63) is 77.5 Å². The number of ether oxygens (including phenoxy) is 1. The third-order valence-corrected chi connectivity index (χ3v) is 7.92. The van der Waals surface area contributed by atoms with Crippen LogP contribution >= 0.6 is 0 Å². The number of aliphatic hydroxyl groups is 3. The van der Waals surface area contributed by atoms with Gasteiger partial charge in [-0.1, -0.05) is 18.2 Å². The minimum Gasteiger partial charge on any atom is -0.435 e. The van der Waals surface area contributed by atoms with E-state index in [0.29, 0.717) is 48.2 Å². The number of alkyl halides is 2. The van der Waals surface area contributed by atoms with Crippen molar-refractivity contribution in [2.45, 2.75) is 68.9 Å². The van der Waals surface area contributed by atoms with Crippen LogP contribution in [0, 0.1) is 5.82 Å². The lowest BCUT2D eigenvalue weighted by Gasteiger charge is -2.38. The van der Waals surface area contributed by atoms with Gasteiger partial charge in [0.25, 0.3) is 0 Å². The largest absolute Gasteiger partial charge is 0.435 e. The summed E-state index contributed by atoms with van der Waals surface area (Å²) >= 11 is 0. The van der Waals surface area contributed by atoms with Gasteiger partial charge in [0.1, 0.15) is 22.8 Å². The Morgan fingerprint density at radius 1 is 1.08 bits per heavy atom. The number of fused-ring (bicyclic) bond motifs is 3. The molecular weight excluding hydrogens is 513 g/mol. The Labute approximate surface area is 221 Å². The fourth-order valence-corrected chi connectivity index (χ4v) is 5.73. The SMILES string of the molecule is CC1(O)CCC(O)(c2ncc(-c3cn4c5c(nc4cc3F)C(O)CC5c3ccccc3OC(F)F)cn2)CC1.